The number of hydrogen-bond donors (Lipinski definition) is 2. The van der Waals surface area contributed by atoms with Gasteiger partial charge in [0.2, 0.25) is 11.8 Å². The Labute approximate surface area is 125 Å². The van der Waals surface area contributed by atoms with Crippen LogP contribution in [0.3, 0.4) is 0 Å². The van der Waals surface area contributed by atoms with Gasteiger partial charge >= 0.3 is 0 Å². The molecule has 2 rings (SSSR count). The number of primary amides is 1. The van der Waals surface area contributed by atoms with Gasteiger partial charge in [-0.3, -0.25) is 9.59 Å². The number of piperidine rings is 1. The van der Waals surface area contributed by atoms with Gasteiger partial charge in [0, 0.05) is 18.3 Å². The molecule has 114 valence electrons. The molecule has 1 aromatic rings. The van der Waals surface area contributed by atoms with E-state index < -0.39 is 0 Å². The quantitative estimate of drug-likeness (QED) is 0.826. The Morgan fingerprint density at radius 3 is 2.67 bits per heavy atom. The fourth-order valence-electron chi connectivity index (χ4n) is 2.87. The second-order valence-electron chi connectivity index (χ2n) is 5.91. The van der Waals surface area contributed by atoms with Crippen LogP contribution in [-0.2, 0) is 9.59 Å². The topological polar surface area (TPSA) is 89.4 Å². The number of nitrogens with zero attached hydrogens (tertiary/aromatic N) is 1. The van der Waals surface area contributed by atoms with Crippen molar-refractivity contribution in [3.8, 4) is 0 Å². The Balaban J connectivity index is 2.15. The molecule has 0 radical (unpaired) electrons. The molecule has 0 saturated carbocycles. The van der Waals surface area contributed by atoms with Crippen molar-refractivity contribution in [2.45, 2.75) is 38.6 Å². The summed E-state index contributed by atoms with van der Waals surface area (Å²) < 4.78 is 0. The second kappa shape index (κ2) is 6.16. The molecule has 1 fully saturated rings. The molecule has 2 amide bonds. The molecule has 1 aliphatic rings. The number of likely N-dealkylation sites (tertiary alicyclic amines) is 1. The van der Waals surface area contributed by atoms with Crippen LogP contribution in [0.2, 0.25) is 0 Å². The maximum absolute atomic E-state index is 12.7. The third-order valence-electron chi connectivity index (χ3n) is 4.35. The van der Waals surface area contributed by atoms with Crippen molar-refractivity contribution in [1.29, 1.82) is 0 Å². The summed E-state index contributed by atoms with van der Waals surface area (Å²) in [7, 11) is 0. The summed E-state index contributed by atoms with van der Waals surface area (Å²) in [5.41, 5.74) is 12.7. The molecule has 5 nitrogen and oxygen atoms in total. The van der Waals surface area contributed by atoms with Gasteiger partial charge in [-0.15, -0.1) is 0 Å². The van der Waals surface area contributed by atoms with E-state index in [1.54, 1.807) is 11.0 Å². The highest BCUT2D eigenvalue weighted by Gasteiger charge is 2.33. The first-order valence-corrected chi connectivity index (χ1v) is 7.35. The van der Waals surface area contributed by atoms with E-state index >= 15 is 0 Å². The van der Waals surface area contributed by atoms with Crippen LogP contribution in [0.15, 0.2) is 24.3 Å². The molecular weight excluding hydrogens is 266 g/mol. The van der Waals surface area contributed by atoms with Crippen LogP contribution in [-0.4, -0.2) is 29.3 Å². The molecule has 0 aromatic heterocycles. The van der Waals surface area contributed by atoms with Crippen molar-refractivity contribution in [2.75, 3.05) is 12.3 Å². The standard InChI is InChI=1S/C16H23N3O2/c1-10-6-7-13(15(18)20)9-19(10)16(21)11(2)12-4-3-5-14(17)8-12/h3-5,8,10-11,13H,6-7,9,17H2,1-2H3,(H2,18,20). The monoisotopic (exact) mass is 289 g/mol. The summed E-state index contributed by atoms with van der Waals surface area (Å²) in [4.78, 5) is 25.9. The number of nitrogen functional groups attached to an aromatic ring is 1. The highest BCUT2D eigenvalue weighted by molar-refractivity contribution is 5.85. The second-order valence-corrected chi connectivity index (χ2v) is 5.91. The van der Waals surface area contributed by atoms with Crippen molar-refractivity contribution >= 4 is 17.5 Å². The normalized spacial score (nSPS) is 23.6. The molecule has 0 aliphatic carbocycles. The first kappa shape index (κ1) is 15.4. The minimum atomic E-state index is -0.323. The van der Waals surface area contributed by atoms with E-state index in [1.807, 2.05) is 32.0 Å². The molecule has 4 N–H and O–H groups in total. The Morgan fingerprint density at radius 2 is 2.05 bits per heavy atom. The van der Waals surface area contributed by atoms with E-state index in [4.69, 9.17) is 11.5 Å². The van der Waals surface area contributed by atoms with Gasteiger partial charge in [0.1, 0.15) is 0 Å². The summed E-state index contributed by atoms with van der Waals surface area (Å²) in [5.74, 6) is -0.809. The molecule has 1 heterocycles. The van der Waals surface area contributed by atoms with Crippen LogP contribution in [0.25, 0.3) is 0 Å². The molecule has 5 heteroatoms. The summed E-state index contributed by atoms with van der Waals surface area (Å²) in [6.07, 6.45) is 1.57. The molecule has 3 atom stereocenters. The van der Waals surface area contributed by atoms with Crippen molar-refractivity contribution in [3.05, 3.63) is 29.8 Å². The number of hydrogen-bond acceptors (Lipinski definition) is 3. The zero-order valence-electron chi connectivity index (χ0n) is 12.6. The van der Waals surface area contributed by atoms with Gasteiger partial charge in [-0.2, -0.15) is 0 Å². The van der Waals surface area contributed by atoms with Gasteiger partial charge in [0.25, 0.3) is 0 Å². The summed E-state index contributed by atoms with van der Waals surface area (Å²) in [6, 6.07) is 7.51. The summed E-state index contributed by atoms with van der Waals surface area (Å²) in [6.45, 7) is 4.31. The van der Waals surface area contributed by atoms with E-state index in [1.165, 1.54) is 0 Å². The number of carbonyl (C=O) groups excluding carboxylic acids is 2. The molecule has 1 aromatic carbocycles. The van der Waals surface area contributed by atoms with E-state index in [2.05, 4.69) is 0 Å². The fraction of sp³-hybridized carbons (Fsp3) is 0.500. The molecular formula is C16H23N3O2. The number of amides is 2. The van der Waals surface area contributed by atoms with Gasteiger partial charge in [-0.25, -0.2) is 0 Å². The van der Waals surface area contributed by atoms with Gasteiger partial charge in [0.15, 0.2) is 0 Å². The lowest BCUT2D eigenvalue weighted by Gasteiger charge is -2.38. The predicted molar refractivity (Wildman–Crippen MR) is 82.4 cm³/mol. The molecule has 1 aliphatic heterocycles. The van der Waals surface area contributed by atoms with E-state index in [-0.39, 0.29) is 29.7 Å². The van der Waals surface area contributed by atoms with Gasteiger partial charge in [0.05, 0.1) is 11.8 Å². The summed E-state index contributed by atoms with van der Waals surface area (Å²) >= 11 is 0. The minimum Gasteiger partial charge on any atom is -0.399 e. The van der Waals surface area contributed by atoms with Crippen LogP contribution in [0.4, 0.5) is 5.69 Å². The number of carbonyl (C=O) groups is 2. The van der Waals surface area contributed by atoms with Gasteiger partial charge < -0.3 is 16.4 Å². The van der Waals surface area contributed by atoms with Crippen molar-refractivity contribution in [1.82, 2.24) is 4.90 Å². The highest BCUT2D eigenvalue weighted by Crippen LogP contribution is 2.27. The van der Waals surface area contributed by atoms with Crippen LogP contribution in [0.5, 0.6) is 0 Å². The van der Waals surface area contributed by atoms with Crippen LogP contribution in [0.1, 0.15) is 38.2 Å². The zero-order valence-corrected chi connectivity index (χ0v) is 12.6. The molecule has 0 bridgehead atoms. The first-order valence-electron chi connectivity index (χ1n) is 7.35. The number of anilines is 1. The van der Waals surface area contributed by atoms with Crippen molar-refractivity contribution in [2.24, 2.45) is 11.7 Å². The fourth-order valence-corrected chi connectivity index (χ4v) is 2.87. The van der Waals surface area contributed by atoms with E-state index in [0.717, 1.165) is 18.4 Å². The maximum Gasteiger partial charge on any atom is 0.230 e. The lowest BCUT2D eigenvalue weighted by atomic mass is 9.90. The number of nitrogens with two attached hydrogens (primary N) is 2. The van der Waals surface area contributed by atoms with Crippen molar-refractivity contribution < 1.29 is 9.59 Å². The molecule has 0 spiro atoms. The van der Waals surface area contributed by atoms with Crippen LogP contribution >= 0.6 is 0 Å². The first-order chi connectivity index (χ1) is 9.90. The van der Waals surface area contributed by atoms with E-state index in [9.17, 15) is 9.59 Å². The summed E-state index contributed by atoms with van der Waals surface area (Å²) in [5, 5.41) is 0. The van der Waals surface area contributed by atoms with Crippen molar-refractivity contribution in [3.63, 3.8) is 0 Å². The zero-order chi connectivity index (χ0) is 15.6. The Kier molecular flexibility index (Phi) is 4.50. The Bertz CT molecular complexity index is 544. The molecule has 21 heavy (non-hydrogen) atoms. The molecule has 1 saturated heterocycles. The third-order valence-corrected chi connectivity index (χ3v) is 4.35. The minimum absolute atomic E-state index is 0.0269. The Hall–Kier alpha value is -2.04. The highest BCUT2D eigenvalue weighted by atomic mass is 16.2. The lowest BCUT2D eigenvalue weighted by Crippen LogP contribution is -2.49. The lowest BCUT2D eigenvalue weighted by molar-refractivity contribution is -0.138. The average Bonchev–Trinajstić information content (AvgIpc) is 2.46. The van der Waals surface area contributed by atoms with Crippen LogP contribution < -0.4 is 11.5 Å². The van der Waals surface area contributed by atoms with E-state index in [0.29, 0.717) is 12.2 Å². The largest absolute Gasteiger partial charge is 0.399 e. The van der Waals surface area contributed by atoms with Crippen LogP contribution in [0, 0.1) is 5.92 Å². The smallest absolute Gasteiger partial charge is 0.230 e. The third kappa shape index (κ3) is 3.35. The predicted octanol–water partition coefficient (Wildman–Crippen LogP) is 1.48. The Morgan fingerprint density at radius 1 is 1.33 bits per heavy atom. The number of rotatable bonds is 3. The SMILES string of the molecule is CC(C(=O)N1CC(C(N)=O)CCC1C)c1cccc(N)c1. The average molecular weight is 289 g/mol. The number of benzene rings is 1. The van der Waals surface area contributed by atoms with Gasteiger partial charge in [-0.1, -0.05) is 12.1 Å². The maximum atomic E-state index is 12.7. The molecule has 3 unspecified atom stereocenters. The van der Waals surface area contributed by atoms with Gasteiger partial charge in [-0.05, 0) is 44.4 Å².